The van der Waals surface area contributed by atoms with Crippen molar-refractivity contribution < 1.29 is 0 Å². The van der Waals surface area contributed by atoms with Gasteiger partial charge in [-0.1, -0.05) is 11.6 Å². The van der Waals surface area contributed by atoms with Crippen LogP contribution in [0.5, 0.6) is 0 Å². The van der Waals surface area contributed by atoms with Gasteiger partial charge in [0, 0.05) is 47.4 Å². The SMILES string of the molecule is Cc1ccnc2c(Cl)cc(-c3nc4c(=O)cc[nH]c4nc3-c3cccnc3)cc12. The number of aromatic nitrogens is 5. The Kier molecular flexibility index (Phi) is 4.07. The summed E-state index contributed by atoms with van der Waals surface area (Å²) in [4.78, 5) is 33.3. The first-order chi connectivity index (χ1) is 14.1. The van der Waals surface area contributed by atoms with Crippen LogP contribution in [0.1, 0.15) is 5.56 Å². The summed E-state index contributed by atoms with van der Waals surface area (Å²) in [5.74, 6) is 0. The molecule has 0 unspecified atom stereocenters. The first-order valence-electron chi connectivity index (χ1n) is 8.97. The van der Waals surface area contributed by atoms with E-state index < -0.39 is 0 Å². The maximum absolute atomic E-state index is 12.4. The number of hydrogen-bond acceptors (Lipinski definition) is 5. The predicted octanol–water partition coefficient (Wildman–Crippen LogP) is 4.56. The van der Waals surface area contributed by atoms with E-state index in [0.29, 0.717) is 22.1 Å². The molecule has 4 aromatic heterocycles. The van der Waals surface area contributed by atoms with Gasteiger partial charge in [0.05, 0.1) is 16.2 Å². The van der Waals surface area contributed by atoms with Gasteiger partial charge in [-0.3, -0.25) is 14.8 Å². The van der Waals surface area contributed by atoms with Crippen molar-refractivity contribution in [3.05, 3.63) is 82.0 Å². The Hall–Kier alpha value is -3.64. The van der Waals surface area contributed by atoms with E-state index >= 15 is 0 Å². The molecule has 0 aliphatic heterocycles. The molecule has 0 saturated carbocycles. The van der Waals surface area contributed by atoms with Crippen molar-refractivity contribution in [3.8, 4) is 22.5 Å². The molecule has 5 rings (SSSR count). The minimum atomic E-state index is -0.199. The minimum absolute atomic E-state index is 0.199. The topological polar surface area (TPSA) is 84.4 Å². The smallest absolute Gasteiger partial charge is 0.209 e. The molecule has 0 saturated heterocycles. The fourth-order valence-electron chi connectivity index (χ4n) is 3.37. The Morgan fingerprint density at radius 1 is 0.966 bits per heavy atom. The Bertz CT molecular complexity index is 1450. The number of fused-ring (bicyclic) bond motifs is 2. The van der Waals surface area contributed by atoms with Gasteiger partial charge in [0.2, 0.25) is 5.43 Å². The molecule has 140 valence electrons. The van der Waals surface area contributed by atoms with Crippen molar-refractivity contribution >= 4 is 33.7 Å². The van der Waals surface area contributed by atoms with Crippen LogP contribution in [0.3, 0.4) is 0 Å². The lowest BCUT2D eigenvalue weighted by Crippen LogP contribution is -2.06. The monoisotopic (exact) mass is 399 g/mol. The molecule has 29 heavy (non-hydrogen) atoms. The van der Waals surface area contributed by atoms with E-state index in [1.54, 1.807) is 24.8 Å². The summed E-state index contributed by atoms with van der Waals surface area (Å²) in [6.07, 6.45) is 6.71. The summed E-state index contributed by atoms with van der Waals surface area (Å²) in [5.41, 5.74) is 5.00. The molecule has 0 amide bonds. The normalized spacial score (nSPS) is 11.2. The molecule has 0 aliphatic rings. The van der Waals surface area contributed by atoms with Crippen LogP contribution in [0.4, 0.5) is 0 Å². The average Bonchev–Trinajstić information content (AvgIpc) is 2.74. The Morgan fingerprint density at radius 3 is 2.66 bits per heavy atom. The number of hydrogen-bond donors (Lipinski definition) is 1. The molecule has 0 spiro atoms. The Balaban J connectivity index is 1.89. The van der Waals surface area contributed by atoms with Crippen LogP contribution >= 0.6 is 11.6 Å². The lowest BCUT2D eigenvalue weighted by molar-refractivity contribution is 1.21. The number of benzene rings is 1. The number of aromatic amines is 1. The zero-order valence-corrected chi connectivity index (χ0v) is 16.1. The van der Waals surface area contributed by atoms with Crippen LogP contribution in [-0.4, -0.2) is 24.9 Å². The second-order valence-corrected chi connectivity index (χ2v) is 7.09. The highest BCUT2D eigenvalue weighted by molar-refractivity contribution is 6.35. The van der Waals surface area contributed by atoms with Crippen LogP contribution in [-0.2, 0) is 0 Å². The summed E-state index contributed by atoms with van der Waals surface area (Å²) in [6.45, 7) is 2.00. The van der Waals surface area contributed by atoms with Crippen molar-refractivity contribution in [1.82, 2.24) is 24.9 Å². The van der Waals surface area contributed by atoms with Gasteiger partial charge in [0.25, 0.3) is 0 Å². The summed E-state index contributed by atoms with van der Waals surface area (Å²) < 4.78 is 0. The van der Waals surface area contributed by atoms with E-state index in [2.05, 4.69) is 19.9 Å². The van der Waals surface area contributed by atoms with Crippen LogP contribution < -0.4 is 5.43 Å². The Labute approximate surface area is 170 Å². The maximum atomic E-state index is 12.4. The number of pyridine rings is 3. The second-order valence-electron chi connectivity index (χ2n) is 6.68. The number of halogens is 1. The van der Waals surface area contributed by atoms with E-state index in [4.69, 9.17) is 16.6 Å². The molecular weight excluding hydrogens is 386 g/mol. The summed E-state index contributed by atoms with van der Waals surface area (Å²) in [6, 6.07) is 10.9. The zero-order valence-electron chi connectivity index (χ0n) is 15.3. The minimum Gasteiger partial charge on any atom is -0.345 e. The number of aryl methyl sites for hydroxylation is 1. The number of nitrogens with zero attached hydrogens (tertiary/aromatic N) is 4. The number of H-pyrrole nitrogens is 1. The van der Waals surface area contributed by atoms with Crippen LogP contribution in [0.2, 0.25) is 5.02 Å². The molecule has 5 aromatic rings. The fourth-order valence-corrected chi connectivity index (χ4v) is 3.64. The molecule has 0 fully saturated rings. The van der Waals surface area contributed by atoms with E-state index in [1.807, 2.05) is 37.3 Å². The van der Waals surface area contributed by atoms with Crippen molar-refractivity contribution in [3.63, 3.8) is 0 Å². The van der Waals surface area contributed by atoms with Crippen molar-refractivity contribution in [2.75, 3.05) is 0 Å². The van der Waals surface area contributed by atoms with Gasteiger partial charge in [-0.05, 0) is 42.8 Å². The molecule has 4 heterocycles. The van der Waals surface area contributed by atoms with Crippen molar-refractivity contribution in [2.24, 2.45) is 0 Å². The van der Waals surface area contributed by atoms with E-state index in [0.717, 1.165) is 27.6 Å². The van der Waals surface area contributed by atoms with Crippen LogP contribution in [0, 0.1) is 6.92 Å². The standard InChI is InChI=1S/C22H14ClN5O/c1-12-4-7-25-20-15(12)9-14(10-16(20)23)19-18(13-3-2-6-24-11-13)28-22-21(27-19)17(29)5-8-26-22/h2-11H,1H3,(H,26,28,29). The van der Waals surface area contributed by atoms with Gasteiger partial charge in [-0.15, -0.1) is 0 Å². The maximum Gasteiger partial charge on any atom is 0.209 e. The lowest BCUT2D eigenvalue weighted by Gasteiger charge is -2.12. The molecule has 0 atom stereocenters. The first kappa shape index (κ1) is 17.5. The highest BCUT2D eigenvalue weighted by Crippen LogP contribution is 2.35. The third-order valence-electron chi connectivity index (χ3n) is 4.81. The third-order valence-corrected chi connectivity index (χ3v) is 5.10. The highest BCUT2D eigenvalue weighted by atomic mass is 35.5. The predicted molar refractivity (Wildman–Crippen MR) is 114 cm³/mol. The molecule has 0 radical (unpaired) electrons. The zero-order chi connectivity index (χ0) is 20.0. The molecule has 1 N–H and O–H groups in total. The number of nitrogens with one attached hydrogen (secondary N) is 1. The molecule has 7 heteroatoms. The molecular formula is C22H14ClN5O. The van der Waals surface area contributed by atoms with Gasteiger partial charge >= 0.3 is 0 Å². The average molecular weight is 400 g/mol. The molecule has 1 aromatic carbocycles. The summed E-state index contributed by atoms with van der Waals surface area (Å²) in [5, 5.41) is 1.44. The molecule has 0 aliphatic carbocycles. The Morgan fingerprint density at radius 2 is 1.83 bits per heavy atom. The van der Waals surface area contributed by atoms with E-state index in [1.165, 1.54) is 6.07 Å². The molecule has 0 bridgehead atoms. The van der Waals surface area contributed by atoms with Crippen molar-refractivity contribution in [2.45, 2.75) is 6.92 Å². The first-order valence-corrected chi connectivity index (χ1v) is 9.35. The van der Waals surface area contributed by atoms with E-state index in [-0.39, 0.29) is 10.9 Å². The number of rotatable bonds is 2. The second kappa shape index (κ2) is 6.76. The van der Waals surface area contributed by atoms with Crippen molar-refractivity contribution in [1.29, 1.82) is 0 Å². The summed E-state index contributed by atoms with van der Waals surface area (Å²) in [7, 11) is 0. The van der Waals surface area contributed by atoms with Gasteiger partial charge < -0.3 is 4.98 Å². The van der Waals surface area contributed by atoms with Gasteiger partial charge in [0.1, 0.15) is 5.69 Å². The van der Waals surface area contributed by atoms with Crippen LogP contribution in [0.15, 0.2) is 66.0 Å². The fraction of sp³-hybridized carbons (Fsp3) is 0.0455. The van der Waals surface area contributed by atoms with E-state index in [9.17, 15) is 4.79 Å². The van der Waals surface area contributed by atoms with Gasteiger partial charge in [-0.25, -0.2) is 9.97 Å². The summed E-state index contributed by atoms with van der Waals surface area (Å²) >= 11 is 6.54. The van der Waals surface area contributed by atoms with Crippen LogP contribution in [0.25, 0.3) is 44.6 Å². The lowest BCUT2D eigenvalue weighted by atomic mass is 10.0. The third kappa shape index (κ3) is 2.94. The largest absolute Gasteiger partial charge is 0.345 e. The van der Waals surface area contributed by atoms with Gasteiger partial charge in [-0.2, -0.15) is 0 Å². The quantitative estimate of drug-likeness (QED) is 0.470. The van der Waals surface area contributed by atoms with Gasteiger partial charge in [0.15, 0.2) is 11.2 Å². The molecule has 6 nitrogen and oxygen atoms in total. The highest BCUT2D eigenvalue weighted by Gasteiger charge is 2.17.